The second kappa shape index (κ2) is 8.48. The zero-order valence-corrected chi connectivity index (χ0v) is 12.2. The molecular weight excluding hydrogens is 226 g/mol. The van der Waals surface area contributed by atoms with Gasteiger partial charge in [-0.3, -0.25) is 4.79 Å². The van der Waals surface area contributed by atoms with Gasteiger partial charge in [-0.1, -0.05) is 13.8 Å². The van der Waals surface area contributed by atoms with Crippen molar-refractivity contribution in [2.75, 3.05) is 39.8 Å². The summed E-state index contributed by atoms with van der Waals surface area (Å²) in [6.07, 6.45) is 4.34. The number of hydrogen-bond acceptors (Lipinski definition) is 3. The van der Waals surface area contributed by atoms with E-state index in [-0.39, 0.29) is 5.91 Å². The minimum atomic E-state index is 0.231. The highest BCUT2D eigenvalue weighted by Gasteiger charge is 2.17. The molecule has 1 saturated heterocycles. The minimum absolute atomic E-state index is 0.231. The van der Waals surface area contributed by atoms with E-state index in [0.29, 0.717) is 12.5 Å². The molecule has 1 N–H and O–H groups in total. The number of likely N-dealkylation sites (N-methyl/N-ethyl adjacent to an activating group) is 1. The van der Waals surface area contributed by atoms with Crippen LogP contribution in [-0.2, 0) is 4.79 Å². The van der Waals surface area contributed by atoms with E-state index in [4.69, 9.17) is 0 Å². The molecule has 0 spiro atoms. The summed E-state index contributed by atoms with van der Waals surface area (Å²) in [5, 5.41) is 3.57. The summed E-state index contributed by atoms with van der Waals surface area (Å²) in [4.78, 5) is 15.8. The molecule has 0 unspecified atom stereocenters. The lowest BCUT2D eigenvalue weighted by Crippen LogP contribution is -2.45. The number of piperidine rings is 1. The number of likely N-dealkylation sites (tertiary alicyclic amines) is 1. The third-order valence-electron chi connectivity index (χ3n) is 3.74. The predicted octanol–water partition coefficient (Wildman–Crippen LogP) is 1.32. The maximum absolute atomic E-state index is 11.4. The molecule has 0 bridgehead atoms. The van der Waals surface area contributed by atoms with Crippen molar-refractivity contribution in [3.63, 3.8) is 0 Å². The Balaban J connectivity index is 2.09. The van der Waals surface area contributed by atoms with E-state index in [1.807, 2.05) is 18.9 Å². The van der Waals surface area contributed by atoms with Crippen LogP contribution in [0.1, 0.15) is 39.5 Å². The lowest BCUT2D eigenvalue weighted by atomic mass is 10.0. The number of rotatable bonds is 7. The van der Waals surface area contributed by atoms with Crippen LogP contribution in [0.15, 0.2) is 0 Å². The Hall–Kier alpha value is -0.610. The minimum Gasteiger partial charge on any atom is -0.344 e. The molecule has 0 aromatic carbocycles. The SMILES string of the molecule is CCCN1CCC(NCCN(C)C(=O)CC)CC1. The molecule has 18 heavy (non-hydrogen) atoms. The number of nitrogens with zero attached hydrogens (tertiary/aromatic N) is 2. The number of carbonyl (C=O) groups is 1. The van der Waals surface area contributed by atoms with Gasteiger partial charge in [0, 0.05) is 32.6 Å². The van der Waals surface area contributed by atoms with E-state index in [1.54, 1.807) is 0 Å². The molecule has 1 aliphatic rings. The molecule has 1 aliphatic heterocycles. The maximum atomic E-state index is 11.4. The number of amides is 1. The van der Waals surface area contributed by atoms with Gasteiger partial charge in [0.05, 0.1) is 0 Å². The molecule has 1 amide bonds. The van der Waals surface area contributed by atoms with Crippen LogP contribution < -0.4 is 5.32 Å². The Morgan fingerprint density at radius 1 is 1.33 bits per heavy atom. The van der Waals surface area contributed by atoms with Crippen molar-refractivity contribution in [1.29, 1.82) is 0 Å². The van der Waals surface area contributed by atoms with Crippen molar-refractivity contribution in [2.24, 2.45) is 0 Å². The highest BCUT2D eigenvalue weighted by Crippen LogP contribution is 2.10. The molecule has 0 saturated carbocycles. The molecular formula is C14H29N3O. The normalized spacial score (nSPS) is 17.9. The Morgan fingerprint density at radius 2 is 2.00 bits per heavy atom. The monoisotopic (exact) mass is 255 g/mol. The highest BCUT2D eigenvalue weighted by atomic mass is 16.2. The van der Waals surface area contributed by atoms with Gasteiger partial charge in [-0.25, -0.2) is 0 Å². The predicted molar refractivity (Wildman–Crippen MR) is 75.7 cm³/mol. The molecule has 0 atom stereocenters. The van der Waals surface area contributed by atoms with Crippen LogP contribution in [0, 0.1) is 0 Å². The summed E-state index contributed by atoms with van der Waals surface area (Å²) in [7, 11) is 1.89. The average molecular weight is 255 g/mol. The van der Waals surface area contributed by atoms with E-state index in [0.717, 1.165) is 13.1 Å². The summed E-state index contributed by atoms with van der Waals surface area (Å²) in [5.41, 5.74) is 0. The van der Waals surface area contributed by atoms with Gasteiger partial charge >= 0.3 is 0 Å². The molecule has 106 valence electrons. The third-order valence-corrected chi connectivity index (χ3v) is 3.74. The van der Waals surface area contributed by atoms with Gasteiger partial charge < -0.3 is 15.1 Å². The molecule has 0 radical (unpaired) electrons. The molecule has 0 aromatic heterocycles. The van der Waals surface area contributed by atoms with Gasteiger partial charge in [0.2, 0.25) is 5.91 Å². The van der Waals surface area contributed by atoms with Gasteiger partial charge in [0.15, 0.2) is 0 Å². The summed E-state index contributed by atoms with van der Waals surface area (Å²) in [5.74, 6) is 0.231. The molecule has 0 aromatic rings. The second-order valence-electron chi connectivity index (χ2n) is 5.24. The first-order chi connectivity index (χ1) is 8.67. The van der Waals surface area contributed by atoms with Crippen molar-refractivity contribution >= 4 is 5.91 Å². The number of nitrogens with one attached hydrogen (secondary N) is 1. The van der Waals surface area contributed by atoms with E-state index < -0.39 is 0 Å². The van der Waals surface area contributed by atoms with E-state index in [1.165, 1.54) is 38.9 Å². The summed E-state index contributed by atoms with van der Waals surface area (Å²) >= 11 is 0. The van der Waals surface area contributed by atoms with Crippen LogP contribution in [0.4, 0.5) is 0 Å². The largest absolute Gasteiger partial charge is 0.344 e. The molecule has 4 heteroatoms. The Bertz CT molecular complexity index is 237. The topological polar surface area (TPSA) is 35.6 Å². The third kappa shape index (κ3) is 5.36. The smallest absolute Gasteiger partial charge is 0.222 e. The van der Waals surface area contributed by atoms with Gasteiger partial charge in [-0.2, -0.15) is 0 Å². The van der Waals surface area contributed by atoms with Gasteiger partial charge in [0.25, 0.3) is 0 Å². The zero-order chi connectivity index (χ0) is 13.4. The lowest BCUT2D eigenvalue weighted by molar-refractivity contribution is -0.129. The molecule has 1 rings (SSSR count). The van der Waals surface area contributed by atoms with E-state index >= 15 is 0 Å². The van der Waals surface area contributed by atoms with Crippen LogP contribution in [-0.4, -0.2) is 61.5 Å². The van der Waals surface area contributed by atoms with Crippen LogP contribution >= 0.6 is 0 Å². The van der Waals surface area contributed by atoms with Gasteiger partial charge in [0.1, 0.15) is 0 Å². The Morgan fingerprint density at radius 3 is 2.56 bits per heavy atom. The lowest BCUT2D eigenvalue weighted by Gasteiger charge is -2.32. The van der Waals surface area contributed by atoms with E-state index in [9.17, 15) is 4.79 Å². The maximum Gasteiger partial charge on any atom is 0.222 e. The fourth-order valence-corrected chi connectivity index (χ4v) is 2.51. The summed E-state index contributed by atoms with van der Waals surface area (Å²) in [6, 6.07) is 0.642. The van der Waals surface area contributed by atoms with E-state index in [2.05, 4.69) is 17.1 Å². The molecule has 1 heterocycles. The first kappa shape index (κ1) is 15.4. The van der Waals surface area contributed by atoms with Gasteiger partial charge in [-0.15, -0.1) is 0 Å². The first-order valence-electron chi connectivity index (χ1n) is 7.37. The summed E-state index contributed by atoms with van der Waals surface area (Å²) < 4.78 is 0. The number of hydrogen-bond donors (Lipinski definition) is 1. The van der Waals surface area contributed by atoms with Crippen LogP contribution in [0.5, 0.6) is 0 Å². The quantitative estimate of drug-likeness (QED) is 0.745. The second-order valence-corrected chi connectivity index (χ2v) is 5.24. The van der Waals surface area contributed by atoms with Crippen molar-refractivity contribution in [2.45, 2.75) is 45.6 Å². The fourth-order valence-electron chi connectivity index (χ4n) is 2.51. The van der Waals surface area contributed by atoms with Crippen molar-refractivity contribution in [3.05, 3.63) is 0 Å². The Labute approximate surface area is 112 Å². The molecule has 4 nitrogen and oxygen atoms in total. The highest BCUT2D eigenvalue weighted by molar-refractivity contribution is 5.75. The molecule has 1 fully saturated rings. The standard InChI is InChI=1S/C14H29N3O/c1-4-9-17-10-6-13(7-11-17)15-8-12-16(3)14(18)5-2/h13,15H,4-12H2,1-3H3. The first-order valence-corrected chi connectivity index (χ1v) is 7.37. The fraction of sp³-hybridized carbons (Fsp3) is 0.929. The number of carbonyl (C=O) groups excluding carboxylic acids is 1. The zero-order valence-electron chi connectivity index (χ0n) is 12.2. The van der Waals surface area contributed by atoms with Crippen LogP contribution in [0.25, 0.3) is 0 Å². The van der Waals surface area contributed by atoms with Crippen LogP contribution in [0.3, 0.4) is 0 Å². The average Bonchev–Trinajstić information content (AvgIpc) is 2.40. The van der Waals surface area contributed by atoms with Gasteiger partial charge in [-0.05, 0) is 38.9 Å². The molecule has 0 aliphatic carbocycles. The van der Waals surface area contributed by atoms with Crippen molar-refractivity contribution in [1.82, 2.24) is 15.1 Å². The van der Waals surface area contributed by atoms with Crippen LogP contribution in [0.2, 0.25) is 0 Å². The Kier molecular flexibility index (Phi) is 7.28. The summed E-state index contributed by atoms with van der Waals surface area (Å²) in [6.45, 7) is 9.56. The van der Waals surface area contributed by atoms with Crippen molar-refractivity contribution in [3.8, 4) is 0 Å². The van der Waals surface area contributed by atoms with Crippen molar-refractivity contribution < 1.29 is 4.79 Å².